The molecule has 7 nitrogen and oxygen atoms in total. The Morgan fingerprint density at radius 2 is 1.68 bits per heavy atom. The van der Waals surface area contributed by atoms with E-state index in [9.17, 15) is 18.0 Å². The summed E-state index contributed by atoms with van der Waals surface area (Å²) < 4.78 is 27.0. The van der Waals surface area contributed by atoms with Crippen molar-refractivity contribution in [2.45, 2.75) is 24.7 Å². The Kier molecular flexibility index (Phi) is 5.21. The van der Waals surface area contributed by atoms with Crippen molar-refractivity contribution in [2.24, 2.45) is 0 Å². The second-order valence-electron chi connectivity index (χ2n) is 6.53. The summed E-state index contributed by atoms with van der Waals surface area (Å²) in [5.41, 5.74) is 0.743. The number of sulfonamides is 1. The molecule has 3 rings (SSSR count). The first-order chi connectivity index (χ1) is 11.9. The number of Topliss-reactive ketones (excluding diaryl/α,β-unsaturated/α-hetero) is 1. The summed E-state index contributed by atoms with van der Waals surface area (Å²) in [7, 11) is -3.55. The van der Waals surface area contributed by atoms with Gasteiger partial charge in [-0.15, -0.1) is 0 Å². The van der Waals surface area contributed by atoms with Crippen molar-refractivity contribution in [3.8, 4) is 0 Å². The molecular weight excluding hydrogens is 342 g/mol. The lowest BCUT2D eigenvalue weighted by molar-refractivity contribution is -0.118. The monoisotopic (exact) mass is 365 g/mol. The molecule has 2 aliphatic rings. The molecule has 1 aromatic carbocycles. The summed E-state index contributed by atoms with van der Waals surface area (Å²) in [5, 5.41) is 0. The number of ketones is 1. The fourth-order valence-electron chi connectivity index (χ4n) is 3.31. The van der Waals surface area contributed by atoms with Crippen molar-refractivity contribution in [2.75, 3.05) is 44.2 Å². The van der Waals surface area contributed by atoms with Gasteiger partial charge < -0.3 is 4.90 Å². The van der Waals surface area contributed by atoms with Crippen LogP contribution in [0.2, 0.25) is 0 Å². The Balaban J connectivity index is 1.68. The topological polar surface area (TPSA) is 78.0 Å². The predicted octanol–water partition coefficient (Wildman–Crippen LogP) is 0.709. The number of piperazine rings is 1. The standard InChI is InChI=1S/C17H23N3O4S/c1-14(21)13-18-9-11-19(12-10-18)25(23,24)16-6-4-15(5-7-16)20-8-2-3-17(20)22/h4-7H,2-3,8-13H2,1H3. The molecule has 0 unspecified atom stereocenters. The van der Waals surface area contributed by atoms with E-state index >= 15 is 0 Å². The van der Waals surface area contributed by atoms with Gasteiger partial charge >= 0.3 is 0 Å². The predicted molar refractivity (Wildman–Crippen MR) is 93.9 cm³/mol. The smallest absolute Gasteiger partial charge is 0.243 e. The number of rotatable bonds is 5. The van der Waals surface area contributed by atoms with Gasteiger partial charge in [-0.05, 0) is 37.6 Å². The Bertz CT molecular complexity index is 753. The highest BCUT2D eigenvalue weighted by atomic mass is 32.2. The van der Waals surface area contributed by atoms with Crippen LogP contribution < -0.4 is 4.90 Å². The highest BCUT2D eigenvalue weighted by molar-refractivity contribution is 7.89. The minimum Gasteiger partial charge on any atom is -0.312 e. The molecule has 1 aromatic rings. The Labute approximate surface area is 148 Å². The minimum absolute atomic E-state index is 0.0807. The van der Waals surface area contributed by atoms with Crippen molar-refractivity contribution < 1.29 is 18.0 Å². The van der Waals surface area contributed by atoms with Crippen molar-refractivity contribution in [1.29, 1.82) is 0 Å². The Morgan fingerprint density at radius 3 is 2.20 bits per heavy atom. The lowest BCUT2D eigenvalue weighted by atomic mass is 10.3. The van der Waals surface area contributed by atoms with Gasteiger partial charge in [0.2, 0.25) is 15.9 Å². The van der Waals surface area contributed by atoms with Crippen molar-refractivity contribution in [3.63, 3.8) is 0 Å². The van der Waals surface area contributed by atoms with Gasteiger partial charge in [-0.3, -0.25) is 14.5 Å². The van der Waals surface area contributed by atoms with Gasteiger partial charge in [-0.25, -0.2) is 8.42 Å². The zero-order chi connectivity index (χ0) is 18.0. The van der Waals surface area contributed by atoms with Crippen LogP contribution in [0.1, 0.15) is 19.8 Å². The van der Waals surface area contributed by atoms with Crippen LogP contribution in [-0.2, 0) is 19.6 Å². The number of carbonyl (C=O) groups excluding carboxylic acids is 2. The first-order valence-corrected chi connectivity index (χ1v) is 9.94. The third-order valence-electron chi connectivity index (χ3n) is 4.64. The van der Waals surface area contributed by atoms with E-state index in [0.717, 1.165) is 12.1 Å². The molecule has 136 valence electrons. The number of hydrogen-bond acceptors (Lipinski definition) is 5. The largest absolute Gasteiger partial charge is 0.312 e. The van der Waals surface area contributed by atoms with Crippen LogP contribution >= 0.6 is 0 Å². The normalized spacial score (nSPS) is 20.2. The van der Waals surface area contributed by atoms with Gasteiger partial charge in [-0.1, -0.05) is 0 Å². The first kappa shape index (κ1) is 18.0. The summed E-state index contributed by atoms with van der Waals surface area (Å²) in [4.78, 5) is 26.9. The molecule has 0 spiro atoms. The maximum absolute atomic E-state index is 12.8. The van der Waals surface area contributed by atoms with Crippen LogP contribution in [0.5, 0.6) is 0 Å². The molecule has 2 aliphatic heterocycles. The SMILES string of the molecule is CC(=O)CN1CCN(S(=O)(=O)c2ccc(N3CCCC3=O)cc2)CC1. The number of amides is 1. The van der Waals surface area contributed by atoms with E-state index in [4.69, 9.17) is 0 Å². The molecular formula is C17H23N3O4S. The molecule has 0 radical (unpaired) electrons. The van der Waals surface area contributed by atoms with E-state index < -0.39 is 10.0 Å². The van der Waals surface area contributed by atoms with Gasteiger partial charge in [0.25, 0.3) is 0 Å². The molecule has 0 atom stereocenters. The highest BCUT2D eigenvalue weighted by Crippen LogP contribution is 2.24. The van der Waals surface area contributed by atoms with Crippen LogP contribution in [-0.4, -0.2) is 68.6 Å². The maximum atomic E-state index is 12.8. The van der Waals surface area contributed by atoms with E-state index in [2.05, 4.69) is 0 Å². The number of benzene rings is 1. The summed E-state index contributed by atoms with van der Waals surface area (Å²) in [5.74, 6) is 0.167. The van der Waals surface area contributed by atoms with E-state index in [-0.39, 0.29) is 16.6 Å². The van der Waals surface area contributed by atoms with Crippen LogP contribution in [0.25, 0.3) is 0 Å². The lowest BCUT2D eigenvalue weighted by Gasteiger charge is -2.33. The number of hydrogen-bond donors (Lipinski definition) is 0. The van der Waals surface area contributed by atoms with Crippen molar-refractivity contribution in [1.82, 2.24) is 9.21 Å². The first-order valence-electron chi connectivity index (χ1n) is 8.50. The average Bonchev–Trinajstić information content (AvgIpc) is 3.01. The van der Waals surface area contributed by atoms with Gasteiger partial charge in [-0.2, -0.15) is 4.31 Å². The van der Waals surface area contributed by atoms with E-state index in [1.54, 1.807) is 29.2 Å². The summed E-state index contributed by atoms with van der Waals surface area (Å²) in [6, 6.07) is 6.53. The molecule has 2 saturated heterocycles. The number of carbonyl (C=O) groups is 2. The molecule has 0 N–H and O–H groups in total. The van der Waals surface area contributed by atoms with E-state index in [1.807, 2.05) is 4.90 Å². The molecule has 1 amide bonds. The molecule has 2 heterocycles. The average molecular weight is 365 g/mol. The Hall–Kier alpha value is -1.77. The molecule has 25 heavy (non-hydrogen) atoms. The molecule has 8 heteroatoms. The molecule has 0 aromatic heterocycles. The second kappa shape index (κ2) is 7.23. The van der Waals surface area contributed by atoms with E-state index in [0.29, 0.717) is 45.7 Å². The molecule has 2 fully saturated rings. The zero-order valence-corrected chi connectivity index (χ0v) is 15.2. The summed E-state index contributed by atoms with van der Waals surface area (Å²) in [6.07, 6.45) is 1.38. The fourth-order valence-corrected chi connectivity index (χ4v) is 4.73. The van der Waals surface area contributed by atoms with Crippen LogP contribution in [0.4, 0.5) is 5.69 Å². The quantitative estimate of drug-likeness (QED) is 0.768. The number of nitrogens with zero attached hydrogens (tertiary/aromatic N) is 3. The third-order valence-corrected chi connectivity index (χ3v) is 6.55. The van der Waals surface area contributed by atoms with Crippen molar-refractivity contribution >= 4 is 27.4 Å². The molecule has 0 bridgehead atoms. The third kappa shape index (κ3) is 3.91. The molecule has 0 aliphatic carbocycles. The zero-order valence-electron chi connectivity index (χ0n) is 14.3. The summed E-state index contributed by atoms with van der Waals surface area (Å²) in [6.45, 7) is 4.45. The van der Waals surface area contributed by atoms with E-state index in [1.165, 1.54) is 11.2 Å². The fraction of sp³-hybridized carbons (Fsp3) is 0.529. The summed E-state index contributed by atoms with van der Waals surface area (Å²) >= 11 is 0. The minimum atomic E-state index is -3.55. The highest BCUT2D eigenvalue weighted by Gasteiger charge is 2.29. The Morgan fingerprint density at radius 1 is 1.04 bits per heavy atom. The number of anilines is 1. The molecule has 0 saturated carbocycles. The second-order valence-corrected chi connectivity index (χ2v) is 8.46. The van der Waals surface area contributed by atoms with Crippen LogP contribution in [0.3, 0.4) is 0 Å². The maximum Gasteiger partial charge on any atom is 0.243 e. The van der Waals surface area contributed by atoms with Gasteiger partial charge in [0.15, 0.2) is 0 Å². The van der Waals surface area contributed by atoms with Gasteiger partial charge in [0.1, 0.15) is 5.78 Å². The van der Waals surface area contributed by atoms with Gasteiger partial charge in [0, 0.05) is 44.8 Å². The van der Waals surface area contributed by atoms with Crippen LogP contribution in [0, 0.1) is 0 Å². The van der Waals surface area contributed by atoms with Crippen molar-refractivity contribution in [3.05, 3.63) is 24.3 Å². The lowest BCUT2D eigenvalue weighted by Crippen LogP contribution is -2.49. The van der Waals surface area contributed by atoms with Crippen LogP contribution in [0.15, 0.2) is 29.2 Å². The van der Waals surface area contributed by atoms with Gasteiger partial charge in [0.05, 0.1) is 11.4 Å².